The topological polar surface area (TPSA) is 39.2 Å². The van der Waals surface area contributed by atoms with Crippen LogP contribution in [0.5, 0.6) is 5.75 Å². The highest BCUT2D eigenvalue weighted by Crippen LogP contribution is 2.31. The molecule has 2 aromatic carbocycles. The van der Waals surface area contributed by atoms with Crippen molar-refractivity contribution in [2.24, 2.45) is 0 Å². The first-order valence-electron chi connectivity index (χ1n) is 6.86. The molecule has 0 aliphatic carbocycles. The summed E-state index contributed by atoms with van der Waals surface area (Å²) in [6.07, 6.45) is 1.65. The van der Waals surface area contributed by atoms with Gasteiger partial charge in [0, 0.05) is 6.20 Å². The van der Waals surface area contributed by atoms with Crippen molar-refractivity contribution in [3.63, 3.8) is 0 Å². The van der Waals surface area contributed by atoms with Crippen LogP contribution in [0.15, 0.2) is 82.8 Å². The fourth-order valence-corrected chi connectivity index (χ4v) is 3.40. The maximum atomic E-state index is 12.9. The summed E-state index contributed by atoms with van der Waals surface area (Å²) in [6, 6.07) is 20.9. The van der Waals surface area contributed by atoms with Crippen LogP contribution >= 0.6 is 0 Å². The first kappa shape index (κ1) is 14.5. The Labute approximate surface area is 132 Å². The highest BCUT2D eigenvalue weighted by Gasteiger charge is 2.15. The molecule has 1 unspecified atom stereocenters. The highest BCUT2D eigenvalue weighted by molar-refractivity contribution is 7.85. The molecule has 0 aliphatic rings. The average Bonchev–Trinajstić information content (AvgIpc) is 2.62. The molecule has 110 valence electrons. The van der Waals surface area contributed by atoms with Gasteiger partial charge in [0.2, 0.25) is 0 Å². The van der Waals surface area contributed by atoms with Crippen molar-refractivity contribution in [1.82, 2.24) is 4.98 Å². The van der Waals surface area contributed by atoms with Crippen LogP contribution in [0.3, 0.4) is 0 Å². The van der Waals surface area contributed by atoms with E-state index in [2.05, 4.69) is 4.98 Å². The summed E-state index contributed by atoms with van der Waals surface area (Å²) >= 11 is 0. The van der Waals surface area contributed by atoms with Crippen LogP contribution in [-0.4, -0.2) is 16.3 Å². The monoisotopic (exact) mass is 309 g/mol. The number of rotatable bonds is 4. The van der Waals surface area contributed by atoms with E-state index in [0.717, 1.165) is 11.1 Å². The fraction of sp³-hybridized carbons (Fsp3) is 0.0556. The third-order valence-corrected chi connectivity index (χ3v) is 4.66. The first-order chi connectivity index (χ1) is 10.8. The summed E-state index contributed by atoms with van der Waals surface area (Å²) < 4.78 is 18.2. The molecule has 0 bridgehead atoms. The summed E-state index contributed by atoms with van der Waals surface area (Å²) in [5.74, 6) is 0.680. The Bertz CT molecular complexity index is 789. The van der Waals surface area contributed by atoms with Crippen molar-refractivity contribution < 1.29 is 8.95 Å². The molecule has 0 N–H and O–H groups in total. The molecular formula is C18H15NO2S. The van der Waals surface area contributed by atoms with Gasteiger partial charge < -0.3 is 4.74 Å². The van der Waals surface area contributed by atoms with Gasteiger partial charge in [0.15, 0.2) is 0 Å². The Balaban J connectivity index is 2.14. The van der Waals surface area contributed by atoms with Crippen LogP contribution in [-0.2, 0) is 10.8 Å². The van der Waals surface area contributed by atoms with Gasteiger partial charge in [0.05, 0.1) is 12.0 Å². The van der Waals surface area contributed by atoms with Crippen LogP contribution in [0.4, 0.5) is 0 Å². The SMILES string of the molecule is COc1ccc(-c2ccccc2)c(S(=O)c2ccccn2)c1. The van der Waals surface area contributed by atoms with Gasteiger partial charge >= 0.3 is 0 Å². The fourth-order valence-electron chi connectivity index (χ4n) is 2.21. The van der Waals surface area contributed by atoms with Crippen LogP contribution in [0.1, 0.15) is 0 Å². The zero-order valence-corrected chi connectivity index (χ0v) is 12.9. The zero-order valence-electron chi connectivity index (χ0n) is 12.1. The number of aromatic nitrogens is 1. The molecule has 0 spiro atoms. The lowest BCUT2D eigenvalue weighted by molar-refractivity contribution is 0.413. The van der Waals surface area contributed by atoms with E-state index in [-0.39, 0.29) is 0 Å². The molecule has 1 atom stereocenters. The Morgan fingerprint density at radius 2 is 1.73 bits per heavy atom. The molecule has 0 aliphatic heterocycles. The van der Waals surface area contributed by atoms with Gasteiger partial charge in [-0.3, -0.25) is 0 Å². The number of hydrogen-bond donors (Lipinski definition) is 0. The van der Waals surface area contributed by atoms with Crippen LogP contribution in [0.2, 0.25) is 0 Å². The van der Waals surface area contributed by atoms with E-state index >= 15 is 0 Å². The lowest BCUT2D eigenvalue weighted by Crippen LogP contribution is -1.99. The van der Waals surface area contributed by atoms with Crippen molar-refractivity contribution in [3.05, 3.63) is 72.9 Å². The number of hydrogen-bond acceptors (Lipinski definition) is 3. The predicted octanol–water partition coefficient (Wildman–Crippen LogP) is 3.92. The van der Waals surface area contributed by atoms with E-state index in [0.29, 0.717) is 15.7 Å². The summed E-state index contributed by atoms with van der Waals surface area (Å²) in [4.78, 5) is 4.90. The molecular weight excluding hydrogens is 294 g/mol. The van der Waals surface area contributed by atoms with Crippen LogP contribution in [0, 0.1) is 0 Å². The van der Waals surface area contributed by atoms with Gasteiger partial charge in [0.1, 0.15) is 21.6 Å². The normalized spacial score (nSPS) is 11.9. The van der Waals surface area contributed by atoms with Gasteiger partial charge in [-0.05, 0) is 41.5 Å². The van der Waals surface area contributed by atoms with Gasteiger partial charge in [0.25, 0.3) is 0 Å². The van der Waals surface area contributed by atoms with Gasteiger partial charge in [-0.25, -0.2) is 9.19 Å². The number of benzene rings is 2. The molecule has 1 heterocycles. The molecule has 3 aromatic rings. The number of nitrogens with zero attached hydrogens (tertiary/aromatic N) is 1. The number of ether oxygens (including phenoxy) is 1. The first-order valence-corrected chi connectivity index (χ1v) is 8.01. The van der Waals surface area contributed by atoms with Gasteiger partial charge in [-0.15, -0.1) is 0 Å². The minimum atomic E-state index is -1.36. The maximum Gasteiger partial charge on any atom is 0.132 e. The molecule has 3 nitrogen and oxygen atoms in total. The average molecular weight is 309 g/mol. The van der Waals surface area contributed by atoms with Crippen LogP contribution in [0.25, 0.3) is 11.1 Å². The lowest BCUT2D eigenvalue weighted by Gasteiger charge is -2.11. The molecule has 0 radical (unpaired) electrons. The Morgan fingerprint density at radius 3 is 2.41 bits per heavy atom. The Hall–Kier alpha value is -2.46. The molecule has 0 amide bonds. The summed E-state index contributed by atoms with van der Waals surface area (Å²) in [6.45, 7) is 0. The standard InChI is InChI=1S/C18H15NO2S/c1-21-15-10-11-16(14-7-3-2-4-8-14)17(13-15)22(20)18-9-5-6-12-19-18/h2-13H,1H3. The van der Waals surface area contributed by atoms with Crippen molar-refractivity contribution >= 4 is 10.8 Å². The molecule has 0 fully saturated rings. The maximum absolute atomic E-state index is 12.9. The van der Waals surface area contributed by atoms with Gasteiger partial charge in [-0.2, -0.15) is 0 Å². The van der Waals surface area contributed by atoms with E-state index < -0.39 is 10.8 Å². The third-order valence-electron chi connectivity index (χ3n) is 3.30. The largest absolute Gasteiger partial charge is 0.497 e. The van der Waals surface area contributed by atoms with Crippen molar-refractivity contribution in [2.75, 3.05) is 7.11 Å². The van der Waals surface area contributed by atoms with E-state index in [4.69, 9.17) is 4.74 Å². The predicted molar refractivity (Wildman–Crippen MR) is 87.3 cm³/mol. The van der Waals surface area contributed by atoms with Crippen LogP contribution < -0.4 is 4.74 Å². The Kier molecular flexibility index (Phi) is 4.30. The van der Waals surface area contributed by atoms with E-state index in [1.54, 1.807) is 19.4 Å². The second-order valence-corrected chi connectivity index (χ2v) is 6.06. The smallest absolute Gasteiger partial charge is 0.132 e. The molecule has 4 heteroatoms. The third kappa shape index (κ3) is 2.92. The Morgan fingerprint density at radius 1 is 0.955 bits per heavy atom. The van der Waals surface area contributed by atoms with Crippen molar-refractivity contribution in [3.8, 4) is 16.9 Å². The highest BCUT2D eigenvalue weighted by atomic mass is 32.2. The van der Waals surface area contributed by atoms with E-state index in [1.807, 2.05) is 60.7 Å². The summed E-state index contributed by atoms with van der Waals surface area (Å²) in [5, 5.41) is 0.535. The minimum Gasteiger partial charge on any atom is -0.497 e. The molecule has 1 aromatic heterocycles. The number of pyridine rings is 1. The molecule has 22 heavy (non-hydrogen) atoms. The quantitative estimate of drug-likeness (QED) is 0.733. The second-order valence-electron chi connectivity index (χ2n) is 4.66. The van der Waals surface area contributed by atoms with Gasteiger partial charge in [-0.1, -0.05) is 36.4 Å². The zero-order chi connectivity index (χ0) is 15.4. The lowest BCUT2D eigenvalue weighted by atomic mass is 10.1. The molecule has 0 saturated carbocycles. The summed E-state index contributed by atoms with van der Waals surface area (Å²) in [5.41, 5.74) is 1.94. The van der Waals surface area contributed by atoms with Crippen molar-refractivity contribution in [1.29, 1.82) is 0 Å². The second kappa shape index (κ2) is 6.54. The molecule has 0 saturated heterocycles. The minimum absolute atomic E-state index is 0.535. The molecule has 3 rings (SSSR count). The number of methoxy groups -OCH3 is 1. The van der Waals surface area contributed by atoms with E-state index in [1.165, 1.54) is 0 Å². The summed E-state index contributed by atoms with van der Waals surface area (Å²) in [7, 11) is 0.240. The van der Waals surface area contributed by atoms with E-state index in [9.17, 15) is 4.21 Å². The van der Waals surface area contributed by atoms with Crippen molar-refractivity contribution in [2.45, 2.75) is 9.92 Å².